The Bertz CT molecular complexity index is 863. The van der Waals surface area contributed by atoms with Gasteiger partial charge in [0.1, 0.15) is 0 Å². The van der Waals surface area contributed by atoms with Crippen LogP contribution >= 0.6 is 15.9 Å². The van der Waals surface area contributed by atoms with Gasteiger partial charge in [-0.3, -0.25) is 0 Å². The first kappa shape index (κ1) is 19.7. The van der Waals surface area contributed by atoms with Gasteiger partial charge in [-0.15, -0.1) is 0 Å². The zero-order chi connectivity index (χ0) is 18.9. The molecule has 0 spiro atoms. The van der Waals surface area contributed by atoms with Gasteiger partial charge in [-0.1, -0.05) is 46.3 Å². The Balaban J connectivity index is 0.000000352. The number of aromatic nitrogens is 1. The minimum absolute atomic E-state index is 0.912. The topological polar surface area (TPSA) is 102 Å². The van der Waals surface area contributed by atoms with Crippen LogP contribution in [0.25, 0.3) is 10.9 Å². The van der Waals surface area contributed by atoms with Crippen LogP contribution in [0.3, 0.4) is 0 Å². The molecule has 2 aromatic carbocycles. The predicted molar refractivity (Wildman–Crippen MR) is 103 cm³/mol. The van der Waals surface area contributed by atoms with E-state index in [0.29, 0.717) is 0 Å². The largest absolute Gasteiger partial charge is 0.473 e. The molecule has 3 rings (SSSR count). The number of nitrogens with one attached hydrogen (secondary N) is 2. The van der Waals surface area contributed by atoms with Crippen molar-refractivity contribution in [3.63, 3.8) is 0 Å². The van der Waals surface area contributed by atoms with Gasteiger partial charge in [0, 0.05) is 28.1 Å². The molecular weight excluding hydrogens is 400 g/mol. The fourth-order valence-electron chi connectivity index (χ4n) is 2.40. The van der Waals surface area contributed by atoms with Gasteiger partial charge in [0.05, 0.1) is 0 Å². The predicted octanol–water partition coefficient (Wildman–Crippen LogP) is 3.42. The van der Waals surface area contributed by atoms with Gasteiger partial charge < -0.3 is 20.5 Å². The highest BCUT2D eigenvalue weighted by molar-refractivity contribution is 9.10. The SMILES string of the molecule is Brc1ccc(CNCCc2c[nH]c3ccccc23)cc1.O=C(O)C(=O)O. The third kappa shape index (κ3) is 6.02. The summed E-state index contributed by atoms with van der Waals surface area (Å²) < 4.78 is 1.13. The van der Waals surface area contributed by atoms with E-state index in [2.05, 4.69) is 81.0 Å². The summed E-state index contributed by atoms with van der Waals surface area (Å²) in [6.07, 6.45) is 3.16. The lowest BCUT2D eigenvalue weighted by Gasteiger charge is -2.05. The summed E-state index contributed by atoms with van der Waals surface area (Å²) in [6, 6.07) is 16.9. The molecule has 136 valence electrons. The van der Waals surface area contributed by atoms with Crippen molar-refractivity contribution < 1.29 is 19.8 Å². The van der Waals surface area contributed by atoms with E-state index >= 15 is 0 Å². The Morgan fingerprint density at radius 2 is 1.65 bits per heavy atom. The molecule has 0 saturated carbocycles. The fraction of sp³-hybridized carbons (Fsp3) is 0.158. The number of carbonyl (C=O) groups is 2. The highest BCUT2D eigenvalue weighted by Crippen LogP contribution is 2.17. The summed E-state index contributed by atoms with van der Waals surface area (Å²) in [5, 5.41) is 19.6. The van der Waals surface area contributed by atoms with E-state index in [1.165, 1.54) is 22.0 Å². The van der Waals surface area contributed by atoms with Crippen molar-refractivity contribution in [3.05, 3.63) is 70.3 Å². The highest BCUT2D eigenvalue weighted by atomic mass is 79.9. The third-order valence-electron chi connectivity index (χ3n) is 3.67. The van der Waals surface area contributed by atoms with E-state index in [9.17, 15) is 0 Å². The molecule has 0 saturated heterocycles. The van der Waals surface area contributed by atoms with Gasteiger partial charge in [0.15, 0.2) is 0 Å². The molecule has 3 aromatic rings. The number of fused-ring (bicyclic) bond motifs is 1. The van der Waals surface area contributed by atoms with Crippen LogP contribution in [0.5, 0.6) is 0 Å². The second-order valence-electron chi connectivity index (χ2n) is 5.52. The second-order valence-corrected chi connectivity index (χ2v) is 6.44. The number of halogens is 1. The van der Waals surface area contributed by atoms with Crippen LogP contribution < -0.4 is 5.32 Å². The summed E-state index contributed by atoms with van der Waals surface area (Å²) in [4.78, 5) is 21.5. The number of hydrogen-bond donors (Lipinski definition) is 4. The van der Waals surface area contributed by atoms with Crippen molar-refractivity contribution in [2.75, 3.05) is 6.54 Å². The molecule has 6 nitrogen and oxygen atoms in total. The maximum atomic E-state index is 9.10. The molecule has 26 heavy (non-hydrogen) atoms. The Morgan fingerprint density at radius 3 is 2.31 bits per heavy atom. The van der Waals surface area contributed by atoms with Crippen molar-refractivity contribution in [1.82, 2.24) is 10.3 Å². The van der Waals surface area contributed by atoms with E-state index in [4.69, 9.17) is 19.8 Å². The smallest absolute Gasteiger partial charge is 0.414 e. The van der Waals surface area contributed by atoms with Crippen LogP contribution in [0, 0.1) is 0 Å². The van der Waals surface area contributed by atoms with Crippen LogP contribution in [0.2, 0.25) is 0 Å². The van der Waals surface area contributed by atoms with E-state index in [0.717, 1.165) is 24.0 Å². The number of rotatable bonds is 5. The minimum atomic E-state index is -1.82. The van der Waals surface area contributed by atoms with Crippen molar-refractivity contribution in [1.29, 1.82) is 0 Å². The molecule has 0 atom stereocenters. The molecule has 0 unspecified atom stereocenters. The van der Waals surface area contributed by atoms with Crippen molar-refractivity contribution >= 4 is 38.8 Å². The number of H-pyrrole nitrogens is 1. The number of carboxylic acids is 2. The maximum absolute atomic E-state index is 9.10. The summed E-state index contributed by atoms with van der Waals surface area (Å²) in [5.41, 5.74) is 3.91. The molecule has 0 aliphatic carbocycles. The summed E-state index contributed by atoms with van der Waals surface area (Å²) >= 11 is 3.45. The molecule has 4 N–H and O–H groups in total. The summed E-state index contributed by atoms with van der Waals surface area (Å²) in [5.74, 6) is -3.65. The van der Waals surface area contributed by atoms with Crippen molar-refractivity contribution in [2.24, 2.45) is 0 Å². The van der Waals surface area contributed by atoms with Crippen LogP contribution in [0.4, 0.5) is 0 Å². The first-order valence-electron chi connectivity index (χ1n) is 7.93. The van der Waals surface area contributed by atoms with Crippen LogP contribution in [0.15, 0.2) is 59.2 Å². The van der Waals surface area contributed by atoms with Gasteiger partial charge in [-0.2, -0.15) is 0 Å². The van der Waals surface area contributed by atoms with Crippen molar-refractivity contribution in [3.8, 4) is 0 Å². The lowest BCUT2D eigenvalue weighted by molar-refractivity contribution is -0.159. The molecule has 7 heteroatoms. The molecular formula is C19H19BrN2O4. The Hall–Kier alpha value is -2.64. The molecule has 0 amide bonds. The van der Waals surface area contributed by atoms with E-state index in [1.807, 2.05) is 0 Å². The van der Waals surface area contributed by atoms with Crippen LogP contribution in [-0.4, -0.2) is 33.7 Å². The monoisotopic (exact) mass is 418 g/mol. The van der Waals surface area contributed by atoms with Crippen molar-refractivity contribution in [2.45, 2.75) is 13.0 Å². The van der Waals surface area contributed by atoms with Gasteiger partial charge >= 0.3 is 11.9 Å². The van der Waals surface area contributed by atoms with E-state index in [-0.39, 0.29) is 0 Å². The maximum Gasteiger partial charge on any atom is 0.414 e. The quantitative estimate of drug-likeness (QED) is 0.375. The molecule has 0 aliphatic heterocycles. The molecule has 0 radical (unpaired) electrons. The number of hydrogen-bond acceptors (Lipinski definition) is 3. The normalized spacial score (nSPS) is 10.2. The Morgan fingerprint density at radius 1 is 1.00 bits per heavy atom. The molecule has 1 heterocycles. The van der Waals surface area contributed by atoms with E-state index < -0.39 is 11.9 Å². The average Bonchev–Trinajstić information content (AvgIpc) is 3.04. The third-order valence-corrected chi connectivity index (χ3v) is 4.20. The number of benzene rings is 2. The number of carboxylic acid groups (broad SMARTS) is 2. The minimum Gasteiger partial charge on any atom is -0.473 e. The Labute approximate surface area is 159 Å². The summed E-state index contributed by atoms with van der Waals surface area (Å²) in [6.45, 7) is 1.90. The van der Waals surface area contributed by atoms with Gasteiger partial charge in [-0.05, 0) is 42.3 Å². The van der Waals surface area contributed by atoms with Gasteiger partial charge in [0.2, 0.25) is 0 Å². The second kappa shape index (κ2) is 9.74. The average molecular weight is 419 g/mol. The first-order valence-corrected chi connectivity index (χ1v) is 8.73. The molecule has 0 bridgehead atoms. The zero-order valence-corrected chi connectivity index (χ0v) is 15.5. The lowest BCUT2D eigenvalue weighted by atomic mass is 10.1. The standard InChI is InChI=1S/C17H17BrN2.C2H2O4/c18-15-7-5-13(6-8-15)11-19-10-9-14-12-20-17-4-2-1-3-16(14)17;3-1(4)2(5)6/h1-8,12,19-20H,9-11H2;(H,3,4)(H,5,6). The number of para-hydroxylation sites is 1. The number of aromatic amines is 1. The Kier molecular flexibility index (Phi) is 7.37. The fourth-order valence-corrected chi connectivity index (χ4v) is 2.66. The first-order chi connectivity index (χ1) is 12.5. The van der Waals surface area contributed by atoms with Crippen LogP contribution in [0.1, 0.15) is 11.1 Å². The summed E-state index contributed by atoms with van der Waals surface area (Å²) in [7, 11) is 0. The van der Waals surface area contributed by atoms with Crippen LogP contribution in [-0.2, 0) is 22.6 Å². The number of aliphatic carboxylic acids is 2. The molecule has 0 aliphatic rings. The zero-order valence-electron chi connectivity index (χ0n) is 13.9. The molecule has 0 fully saturated rings. The lowest BCUT2D eigenvalue weighted by Crippen LogP contribution is -2.16. The molecule has 1 aromatic heterocycles. The van der Waals surface area contributed by atoms with Gasteiger partial charge in [0.25, 0.3) is 0 Å². The highest BCUT2D eigenvalue weighted by Gasteiger charge is 2.04. The van der Waals surface area contributed by atoms with E-state index in [1.54, 1.807) is 0 Å². The van der Waals surface area contributed by atoms with Gasteiger partial charge in [-0.25, -0.2) is 9.59 Å².